The van der Waals surface area contributed by atoms with Gasteiger partial charge in [-0.25, -0.2) is 0 Å². The molecule has 0 N–H and O–H groups in total. The highest BCUT2D eigenvalue weighted by Crippen LogP contribution is 2.28. The summed E-state index contributed by atoms with van der Waals surface area (Å²) in [5, 5.41) is 0. The minimum Gasteiger partial charge on any atom is -0.495 e. The summed E-state index contributed by atoms with van der Waals surface area (Å²) in [6.07, 6.45) is 0. The molecular weight excluding hydrogens is 429 g/mol. The van der Waals surface area contributed by atoms with Crippen molar-refractivity contribution < 1.29 is 9.53 Å². The number of carbonyl (C=O) groups excluding carboxylic acids is 1. The summed E-state index contributed by atoms with van der Waals surface area (Å²) in [5.41, 5.74) is 0.634. The Hall–Kier alpha value is 0.440. The van der Waals surface area contributed by atoms with E-state index in [0.29, 0.717) is 5.56 Å². The first-order valence-electron chi connectivity index (χ1n) is 3.72. The van der Waals surface area contributed by atoms with Gasteiger partial charge in [0.15, 0.2) is 5.78 Å². The van der Waals surface area contributed by atoms with E-state index in [-0.39, 0.29) is 11.7 Å². The molecule has 0 amide bonds. The predicted octanol–water partition coefficient (Wildman–Crippen LogP) is 3.33. The van der Waals surface area contributed by atoms with Crippen LogP contribution in [0.1, 0.15) is 10.4 Å². The van der Waals surface area contributed by atoms with Crippen LogP contribution in [-0.2, 0) is 0 Å². The van der Waals surface area contributed by atoms with E-state index >= 15 is 0 Å². The van der Waals surface area contributed by atoms with Gasteiger partial charge in [-0.2, -0.15) is 0 Å². The predicted molar refractivity (Wildman–Crippen MR) is 73.5 cm³/mol. The fraction of sp³-hybridized carbons (Fsp3) is 0.222. The number of halogens is 3. The average Bonchev–Trinajstić information content (AvgIpc) is 2.16. The Bertz CT molecular complexity index is 343. The van der Waals surface area contributed by atoms with Crippen molar-refractivity contribution in [2.24, 2.45) is 0 Å². The fourth-order valence-electron chi connectivity index (χ4n) is 0.993. The Morgan fingerprint density at radius 1 is 1.43 bits per heavy atom. The normalized spacial score (nSPS) is 10.0. The van der Waals surface area contributed by atoms with E-state index in [1.807, 2.05) is 0 Å². The van der Waals surface area contributed by atoms with Crippen LogP contribution in [0, 0.1) is 7.14 Å². The minimum absolute atomic E-state index is 0.0124. The first-order chi connectivity index (χ1) is 6.60. The van der Waals surface area contributed by atoms with Gasteiger partial charge in [0.2, 0.25) is 0 Å². The Balaban J connectivity index is 3.20. The van der Waals surface area contributed by atoms with Crippen LogP contribution in [0.4, 0.5) is 0 Å². The Kier molecular flexibility index (Phi) is 4.92. The maximum atomic E-state index is 11.3. The summed E-state index contributed by atoms with van der Waals surface area (Å²) in [4.78, 5) is 11.3. The fourth-order valence-corrected chi connectivity index (χ4v) is 3.36. The molecule has 5 heteroatoms. The van der Waals surface area contributed by atoms with E-state index in [1.54, 1.807) is 19.2 Å². The maximum absolute atomic E-state index is 11.3. The van der Waals surface area contributed by atoms with E-state index in [2.05, 4.69) is 45.2 Å². The van der Waals surface area contributed by atoms with Crippen molar-refractivity contribution in [3.63, 3.8) is 0 Å². The molecule has 0 atom stereocenters. The van der Waals surface area contributed by atoms with Gasteiger partial charge in [0.1, 0.15) is 5.75 Å². The highest BCUT2D eigenvalue weighted by atomic mass is 127. The van der Waals surface area contributed by atoms with Crippen LogP contribution >= 0.6 is 56.8 Å². The number of alkyl halides is 1. The molecule has 1 aromatic rings. The van der Waals surface area contributed by atoms with Crippen molar-refractivity contribution >= 4 is 62.6 Å². The van der Waals surface area contributed by atoms with Gasteiger partial charge in [-0.1, -0.05) is 0 Å². The largest absolute Gasteiger partial charge is 0.495 e. The number of ether oxygens (including phenoxy) is 1. The smallest absolute Gasteiger partial charge is 0.177 e. The molecule has 0 unspecified atom stereocenters. The second-order valence-electron chi connectivity index (χ2n) is 2.53. The molecule has 0 aromatic heterocycles. The standard InChI is InChI=1S/C9H7ClI2O2/c1-14-9-6(11)2-5(3-7(9)12)8(13)4-10/h2-3H,4H2,1H3. The van der Waals surface area contributed by atoms with Crippen molar-refractivity contribution in [3.05, 3.63) is 24.8 Å². The van der Waals surface area contributed by atoms with Crippen LogP contribution in [0.3, 0.4) is 0 Å². The quantitative estimate of drug-likeness (QED) is 0.413. The van der Waals surface area contributed by atoms with E-state index < -0.39 is 0 Å². The van der Waals surface area contributed by atoms with Crippen molar-refractivity contribution in [3.8, 4) is 5.75 Å². The third kappa shape index (κ3) is 2.73. The first kappa shape index (κ1) is 12.5. The number of hydrogen-bond donors (Lipinski definition) is 0. The molecule has 0 saturated carbocycles. The molecule has 1 aromatic carbocycles. The number of benzene rings is 1. The molecule has 1 rings (SSSR count). The molecular formula is C9H7ClI2O2. The molecule has 0 aliphatic rings. The van der Waals surface area contributed by atoms with Gasteiger partial charge in [0.05, 0.1) is 20.1 Å². The monoisotopic (exact) mass is 436 g/mol. The summed E-state index contributed by atoms with van der Waals surface area (Å²) in [7, 11) is 1.61. The van der Waals surface area contributed by atoms with Crippen LogP contribution in [0.15, 0.2) is 12.1 Å². The molecule has 2 nitrogen and oxygen atoms in total. The topological polar surface area (TPSA) is 26.3 Å². The van der Waals surface area contributed by atoms with Crippen LogP contribution in [0.5, 0.6) is 5.75 Å². The van der Waals surface area contributed by atoms with E-state index in [4.69, 9.17) is 16.3 Å². The Morgan fingerprint density at radius 2 is 1.93 bits per heavy atom. The second kappa shape index (κ2) is 5.50. The zero-order valence-electron chi connectivity index (χ0n) is 7.31. The van der Waals surface area contributed by atoms with Gasteiger partial charge in [-0.3, -0.25) is 4.79 Å². The lowest BCUT2D eigenvalue weighted by molar-refractivity contribution is 0.102. The molecule has 0 spiro atoms. The van der Waals surface area contributed by atoms with Crippen LogP contribution in [0.2, 0.25) is 0 Å². The number of Topliss-reactive ketones (excluding diaryl/α,β-unsaturated/α-hetero) is 1. The molecule has 0 radical (unpaired) electrons. The zero-order valence-corrected chi connectivity index (χ0v) is 12.4. The number of methoxy groups -OCH3 is 1. The van der Waals surface area contributed by atoms with Crippen LogP contribution in [-0.4, -0.2) is 18.8 Å². The Labute approximate surface area is 115 Å². The lowest BCUT2D eigenvalue weighted by Crippen LogP contribution is -2.02. The van der Waals surface area contributed by atoms with Gasteiger partial charge in [0.25, 0.3) is 0 Å². The SMILES string of the molecule is COc1c(I)cc(C(=O)CCl)cc1I. The zero-order chi connectivity index (χ0) is 10.7. The third-order valence-electron chi connectivity index (χ3n) is 1.65. The molecule has 0 aliphatic carbocycles. The summed E-state index contributed by atoms with van der Waals surface area (Å²) >= 11 is 9.75. The van der Waals surface area contributed by atoms with E-state index in [9.17, 15) is 4.79 Å². The van der Waals surface area contributed by atoms with Crippen LogP contribution < -0.4 is 4.74 Å². The lowest BCUT2D eigenvalue weighted by atomic mass is 10.1. The lowest BCUT2D eigenvalue weighted by Gasteiger charge is -2.07. The van der Waals surface area contributed by atoms with E-state index in [1.165, 1.54) is 0 Å². The number of carbonyl (C=O) groups is 1. The minimum atomic E-state index is -0.0647. The van der Waals surface area contributed by atoms with Gasteiger partial charge in [-0.15, -0.1) is 11.6 Å². The number of rotatable bonds is 3. The van der Waals surface area contributed by atoms with Crippen LogP contribution in [0.25, 0.3) is 0 Å². The first-order valence-corrected chi connectivity index (χ1v) is 6.41. The summed E-state index contributed by atoms with van der Waals surface area (Å²) in [6, 6.07) is 3.57. The molecule has 0 bridgehead atoms. The Morgan fingerprint density at radius 3 is 2.29 bits per heavy atom. The third-order valence-corrected chi connectivity index (χ3v) is 3.49. The highest BCUT2D eigenvalue weighted by Gasteiger charge is 2.11. The van der Waals surface area contributed by atoms with Crippen molar-refractivity contribution in [1.82, 2.24) is 0 Å². The highest BCUT2D eigenvalue weighted by molar-refractivity contribution is 14.1. The molecule has 76 valence electrons. The van der Waals surface area contributed by atoms with Gasteiger partial charge in [0, 0.05) is 5.56 Å². The number of hydrogen-bond acceptors (Lipinski definition) is 2. The molecule has 14 heavy (non-hydrogen) atoms. The average molecular weight is 436 g/mol. The molecule has 0 aliphatic heterocycles. The molecule has 0 heterocycles. The van der Waals surface area contributed by atoms with E-state index in [0.717, 1.165) is 12.9 Å². The molecule has 0 fully saturated rings. The maximum Gasteiger partial charge on any atom is 0.177 e. The summed E-state index contributed by atoms with van der Waals surface area (Å²) < 4.78 is 7.03. The summed E-state index contributed by atoms with van der Waals surface area (Å²) in [5.74, 6) is 0.751. The van der Waals surface area contributed by atoms with Crippen molar-refractivity contribution in [1.29, 1.82) is 0 Å². The number of ketones is 1. The van der Waals surface area contributed by atoms with Crippen molar-refractivity contribution in [2.75, 3.05) is 13.0 Å². The van der Waals surface area contributed by atoms with Gasteiger partial charge in [-0.05, 0) is 57.3 Å². The summed E-state index contributed by atoms with van der Waals surface area (Å²) in [6.45, 7) is 0. The second-order valence-corrected chi connectivity index (χ2v) is 5.12. The van der Waals surface area contributed by atoms with Gasteiger partial charge < -0.3 is 4.74 Å². The van der Waals surface area contributed by atoms with Crippen molar-refractivity contribution in [2.45, 2.75) is 0 Å². The molecule has 0 saturated heterocycles. The van der Waals surface area contributed by atoms with Gasteiger partial charge >= 0.3 is 0 Å².